The number of hydrogen-bond acceptors (Lipinski definition) is 7. The Bertz CT molecular complexity index is 1720. The van der Waals surface area contributed by atoms with Crippen LogP contribution in [0.5, 0.6) is 0 Å². The van der Waals surface area contributed by atoms with E-state index in [0.29, 0.717) is 17.4 Å². The van der Waals surface area contributed by atoms with Crippen LogP contribution in [0, 0.1) is 0 Å². The average Bonchev–Trinajstić information content (AvgIpc) is 3.40. The smallest absolute Gasteiger partial charge is 0.361 e. The summed E-state index contributed by atoms with van der Waals surface area (Å²) >= 11 is 0. The van der Waals surface area contributed by atoms with Crippen LogP contribution in [0.25, 0.3) is 0 Å². The molecule has 2 atom stereocenters. The molecule has 0 heterocycles. The fourth-order valence-electron chi connectivity index (χ4n) is 7.73. The minimum absolute atomic E-state index is 0.180. The molecule has 1 N–H and O–H groups in total. The van der Waals surface area contributed by atoms with Gasteiger partial charge in [0, 0.05) is 12.8 Å². The number of nitrogens with zero attached hydrogens (tertiary/aromatic N) is 1. The molecule has 2 unspecified atom stereocenters. The number of carboxylic acids is 1. The Morgan fingerprint density at radius 3 is 1.12 bits per heavy atom. The van der Waals surface area contributed by atoms with Gasteiger partial charge >= 0.3 is 17.9 Å². The van der Waals surface area contributed by atoms with Crippen LogP contribution in [0.15, 0.2) is 134 Å². The lowest BCUT2D eigenvalue weighted by Gasteiger charge is -2.25. The van der Waals surface area contributed by atoms with Gasteiger partial charge in [-0.15, -0.1) is 0 Å². The highest BCUT2D eigenvalue weighted by Crippen LogP contribution is 2.15. The summed E-state index contributed by atoms with van der Waals surface area (Å²) in [5.41, 5.74) is 0. The number of carbonyl (C=O) groups is 3. The van der Waals surface area contributed by atoms with Gasteiger partial charge in [-0.1, -0.05) is 231 Å². The summed E-state index contributed by atoms with van der Waals surface area (Å²) in [6.45, 7) is 4.68. The molecule has 77 heavy (non-hydrogen) atoms. The Hall–Kier alpha value is -4.57. The van der Waals surface area contributed by atoms with Crippen molar-refractivity contribution in [1.82, 2.24) is 0 Å². The molecule has 0 aliphatic carbocycles. The number of allylic oxidation sites excluding steroid dienone is 22. The SMILES string of the molecule is CC/C=C\C/C=C\C/C=C\C/C=C\C/C=C\C/C=C\C/C=C\C/C=C\C/C=C\C/C=C\CCCCCCCCCCCCC(=O)OC(COC(=O)CCCCCCC/C=C\CCCC)COC(OCC[N+](C)(C)C)C(=O)O. The van der Waals surface area contributed by atoms with Crippen molar-refractivity contribution in [2.75, 3.05) is 47.5 Å². The van der Waals surface area contributed by atoms with Gasteiger partial charge in [-0.05, 0) is 109 Å². The molecule has 9 heteroatoms. The number of likely N-dealkylation sites (N-methyl/N-ethyl adjacent to an activating group) is 1. The standard InChI is InChI=1S/C68H111NO8/c1-6-8-10-12-14-16-18-19-20-21-22-23-24-25-26-27-28-29-30-31-32-33-34-35-36-37-38-39-40-41-42-43-44-45-46-47-49-51-53-55-57-59-66(71)77-64(63-76-68(67(72)73)74-61-60-69(3,4)5)62-75-65(70)58-56-54-52-50-48-17-15-13-11-9-7-2/h8,10,13-16,19-20,22-23,25-26,28-29,31-32,34-35,37-38,40-41,64,68H,6-7,9,11-12,17-18,21,24,27,30,33,36,39,42-63H2,1-5H3/p+1/b10-8-,15-13-,16-14-,20-19-,23-22-,26-25-,29-28-,32-31-,35-34-,38-37-,41-40-. The Morgan fingerprint density at radius 2 is 0.740 bits per heavy atom. The summed E-state index contributed by atoms with van der Waals surface area (Å²) in [4.78, 5) is 37.3. The van der Waals surface area contributed by atoms with E-state index in [1.807, 2.05) is 21.1 Å². The van der Waals surface area contributed by atoms with Gasteiger partial charge in [0.1, 0.15) is 13.2 Å². The van der Waals surface area contributed by atoms with E-state index >= 15 is 0 Å². The van der Waals surface area contributed by atoms with Crippen molar-refractivity contribution >= 4 is 17.9 Å². The van der Waals surface area contributed by atoms with Crippen molar-refractivity contribution in [2.24, 2.45) is 0 Å². The van der Waals surface area contributed by atoms with Crippen LogP contribution in [0.3, 0.4) is 0 Å². The normalized spacial score (nSPS) is 13.7. The quantitative estimate of drug-likeness (QED) is 0.0211. The first-order valence-electron chi connectivity index (χ1n) is 30.3. The number of hydrogen-bond donors (Lipinski definition) is 1. The summed E-state index contributed by atoms with van der Waals surface area (Å²) in [6.07, 6.45) is 79.8. The molecular weight excluding hydrogens is 959 g/mol. The highest BCUT2D eigenvalue weighted by Gasteiger charge is 2.25. The molecule has 0 bridgehead atoms. The van der Waals surface area contributed by atoms with E-state index in [1.165, 1.54) is 51.4 Å². The van der Waals surface area contributed by atoms with Crippen molar-refractivity contribution < 1.29 is 42.9 Å². The summed E-state index contributed by atoms with van der Waals surface area (Å²) in [6, 6.07) is 0. The molecular formula is C68H112NO8+. The van der Waals surface area contributed by atoms with E-state index in [1.54, 1.807) is 0 Å². The van der Waals surface area contributed by atoms with Crippen molar-refractivity contribution in [3.05, 3.63) is 134 Å². The zero-order chi connectivity index (χ0) is 56.2. The number of ether oxygens (including phenoxy) is 4. The van der Waals surface area contributed by atoms with Crippen LogP contribution < -0.4 is 0 Å². The van der Waals surface area contributed by atoms with Crippen molar-refractivity contribution in [1.29, 1.82) is 0 Å². The molecule has 436 valence electrons. The largest absolute Gasteiger partial charge is 0.477 e. The second kappa shape index (κ2) is 57.6. The fraction of sp³-hybridized carbons (Fsp3) is 0.632. The summed E-state index contributed by atoms with van der Waals surface area (Å²) < 4.78 is 22.8. The van der Waals surface area contributed by atoms with Gasteiger partial charge in [0.05, 0.1) is 34.4 Å². The number of esters is 2. The van der Waals surface area contributed by atoms with E-state index in [4.69, 9.17) is 18.9 Å². The highest BCUT2D eigenvalue weighted by atomic mass is 16.7. The molecule has 0 saturated carbocycles. The Kier molecular flexibility index (Phi) is 54.2. The van der Waals surface area contributed by atoms with Gasteiger partial charge in [0.2, 0.25) is 0 Å². The van der Waals surface area contributed by atoms with Gasteiger partial charge in [-0.2, -0.15) is 0 Å². The molecule has 0 aliphatic rings. The average molecular weight is 1070 g/mol. The maximum atomic E-state index is 12.9. The second-order valence-electron chi connectivity index (χ2n) is 20.9. The van der Waals surface area contributed by atoms with E-state index < -0.39 is 24.3 Å². The minimum atomic E-state index is -1.52. The first-order valence-corrected chi connectivity index (χ1v) is 30.3. The molecule has 0 fully saturated rings. The highest BCUT2D eigenvalue weighted by molar-refractivity contribution is 5.71. The third-order valence-electron chi connectivity index (χ3n) is 12.4. The molecule has 0 spiro atoms. The number of rotatable bonds is 54. The van der Waals surface area contributed by atoms with Gasteiger partial charge in [-0.3, -0.25) is 9.59 Å². The third-order valence-corrected chi connectivity index (χ3v) is 12.4. The second-order valence-corrected chi connectivity index (χ2v) is 20.9. The van der Waals surface area contributed by atoms with E-state index in [9.17, 15) is 19.5 Å². The molecule has 0 aliphatic heterocycles. The number of quaternary nitrogens is 1. The molecule has 0 amide bonds. The lowest BCUT2D eigenvalue weighted by molar-refractivity contribution is -0.870. The van der Waals surface area contributed by atoms with Crippen LogP contribution >= 0.6 is 0 Å². The topological polar surface area (TPSA) is 108 Å². The summed E-state index contributed by atoms with van der Waals surface area (Å²) in [5, 5.41) is 9.68. The lowest BCUT2D eigenvalue weighted by Crippen LogP contribution is -2.40. The summed E-state index contributed by atoms with van der Waals surface area (Å²) in [7, 11) is 5.95. The van der Waals surface area contributed by atoms with Crippen LogP contribution in [0.2, 0.25) is 0 Å². The first kappa shape index (κ1) is 72.4. The molecule has 0 aromatic rings. The Morgan fingerprint density at radius 1 is 0.403 bits per heavy atom. The third kappa shape index (κ3) is 58.9. The zero-order valence-electron chi connectivity index (χ0n) is 49.6. The van der Waals surface area contributed by atoms with E-state index in [0.717, 1.165) is 135 Å². The Balaban J connectivity index is 4.10. The van der Waals surface area contributed by atoms with Crippen LogP contribution in [0.1, 0.15) is 219 Å². The maximum Gasteiger partial charge on any atom is 0.361 e. The monoisotopic (exact) mass is 1070 g/mol. The van der Waals surface area contributed by atoms with Crippen molar-refractivity contribution in [3.63, 3.8) is 0 Å². The predicted octanol–water partition coefficient (Wildman–Crippen LogP) is 18.2. The lowest BCUT2D eigenvalue weighted by atomic mass is 10.0. The Labute approximate surface area is 471 Å². The number of unbranched alkanes of at least 4 members (excludes halogenated alkanes) is 17. The molecule has 0 radical (unpaired) electrons. The van der Waals surface area contributed by atoms with Gasteiger partial charge < -0.3 is 28.5 Å². The van der Waals surface area contributed by atoms with Gasteiger partial charge in [-0.25, -0.2) is 4.79 Å². The number of carbonyl (C=O) groups excluding carboxylic acids is 2. The summed E-state index contributed by atoms with van der Waals surface area (Å²) in [5.74, 6) is -2.04. The zero-order valence-corrected chi connectivity index (χ0v) is 49.6. The van der Waals surface area contributed by atoms with Crippen molar-refractivity contribution in [3.8, 4) is 0 Å². The predicted molar refractivity (Wildman–Crippen MR) is 327 cm³/mol. The molecule has 9 nitrogen and oxygen atoms in total. The maximum absolute atomic E-state index is 12.9. The fourth-order valence-corrected chi connectivity index (χ4v) is 7.73. The van der Waals surface area contributed by atoms with E-state index in [2.05, 4.69) is 148 Å². The van der Waals surface area contributed by atoms with Crippen LogP contribution in [-0.4, -0.2) is 87.4 Å². The molecule has 0 rings (SSSR count). The van der Waals surface area contributed by atoms with Gasteiger partial charge in [0.25, 0.3) is 6.29 Å². The molecule has 0 aromatic carbocycles. The number of carboxylic acid groups (broad SMARTS) is 1. The van der Waals surface area contributed by atoms with Crippen LogP contribution in [-0.2, 0) is 33.3 Å². The van der Waals surface area contributed by atoms with Crippen molar-refractivity contribution in [2.45, 2.75) is 232 Å². The first-order chi connectivity index (χ1) is 37.6. The molecule has 0 aromatic heterocycles. The minimum Gasteiger partial charge on any atom is -0.477 e. The van der Waals surface area contributed by atoms with E-state index in [-0.39, 0.29) is 38.6 Å². The molecule has 0 saturated heterocycles. The van der Waals surface area contributed by atoms with Crippen LogP contribution in [0.4, 0.5) is 0 Å². The van der Waals surface area contributed by atoms with Gasteiger partial charge in [0.15, 0.2) is 6.10 Å². The number of aliphatic carboxylic acids is 1.